The highest BCUT2D eigenvalue weighted by atomic mass is 79.9. The van der Waals surface area contributed by atoms with E-state index in [9.17, 15) is 0 Å². The van der Waals surface area contributed by atoms with Crippen molar-refractivity contribution in [3.63, 3.8) is 0 Å². The molecule has 1 N–H and O–H groups in total. The molecule has 6 rings (SSSR count). The van der Waals surface area contributed by atoms with Crippen LogP contribution in [-0.2, 0) is 13.2 Å². The molecule has 0 radical (unpaired) electrons. The lowest BCUT2D eigenvalue weighted by Gasteiger charge is -2.57. The molecule has 0 atom stereocenters. The van der Waals surface area contributed by atoms with E-state index < -0.39 is 0 Å². The first-order valence-corrected chi connectivity index (χ1v) is 12.1. The van der Waals surface area contributed by atoms with Gasteiger partial charge >= 0.3 is 0 Å². The maximum absolute atomic E-state index is 6.17. The maximum atomic E-state index is 6.17. The Balaban J connectivity index is 1.29. The lowest BCUT2D eigenvalue weighted by Crippen LogP contribution is -2.58. The first-order valence-electron chi connectivity index (χ1n) is 11.3. The molecule has 160 valence electrons. The summed E-state index contributed by atoms with van der Waals surface area (Å²) in [7, 11) is 1.72. The van der Waals surface area contributed by atoms with Gasteiger partial charge in [-0.25, -0.2) is 0 Å². The van der Waals surface area contributed by atoms with Crippen LogP contribution in [0, 0.1) is 24.7 Å². The van der Waals surface area contributed by atoms with Crippen LogP contribution in [0.15, 0.2) is 40.9 Å². The molecule has 4 aliphatic carbocycles. The Morgan fingerprint density at radius 3 is 2.33 bits per heavy atom. The molecule has 0 heterocycles. The summed E-state index contributed by atoms with van der Waals surface area (Å²) in [5.41, 5.74) is 4.05. The zero-order chi connectivity index (χ0) is 20.7. The summed E-state index contributed by atoms with van der Waals surface area (Å²) < 4.78 is 12.8. The van der Waals surface area contributed by atoms with Crippen molar-refractivity contribution in [2.24, 2.45) is 17.8 Å². The first kappa shape index (κ1) is 20.4. The number of ether oxygens (including phenoxy) is 2. The number of nitrogens with one attached hydrogen (secondary N) is 1. The van der Waals surface area contributed by atoms with Crippen LogP contribution in [-0.4, -0.2) is 12.6 Å². The van der Waals surface area contributed by atoms with E-state index in [1.54, 1.807) is 7.11 Å². The molecule has 2 aromatic carbocycles. The second kappa shape index (κ2) is 8.20. The van der Waals surface area contributed by atoms with Crippen molar-refractivity contribution in [2.75, 3.05) is 7.11 Å². The number of benzene rings is 2. The molecule has 30 heavy (non-hydrogen) atoms. The van der Waals surface area contributed by atoms with Crippen molar-refractivity contribution in [2.45, 2.75) is 64.1 Å². The fraction of sp³-hybridized carbons (Fsp3) is 0.538. The Morgan fingerprint density at radius 2 is 1.70 bits per heavy atom. The van der Waals surface area contributed by atoms with E-state index in [0.29, 0.717) is 12.1 Å². The Bertz CT molecular complexity index is 890. The summed E-state index contributed by atoms with van der Waals surface area (Å²) in [5.74, 6) is 4.45. The van der Waals surface area contributed by atoms with Gasteiger partial charge < -0.3 is 14.8 Å². The number of halogens is 1. The minimum atomic E-state index is 0.370. The minimum Gasteiger partial charge on any atom is -0.493 e. The fourth-order valence-electron chi connectivity index (χ4n) is 6.55. The Labute approximate surface area is 188 Å². The summed E-state index contributed by atoms with van der Waals surface area (Å²) in [4.78, 5) is 0. The highest BCUT2D eigenvalue weighted by Gasteiger charge is 2.50. The van der Waals surface area contributed by atoms with Crippen LogP contribution < -0.4 is 14.8 Å². The smallest absolute Gasteiger partial charge is 0.175 e. The SMILES string of the molecule is COc1cc(CNC23CC4CC(CC(C4)C2)C3)cc(Br)c1OCc1ccccc1C. The molecule has 2 aromatic rings. The van der Waals surface area contributed by atoms with Gasteiger partial charge in [-0.15, -0.1) is 0 Å². The van der Waals surface area contributed by atoms with Gasteiger partial charge in [0, 0.05) is 12.1 Å². The first-order chi connectivity index (χ1) is 14.5. The molecule has 0 aliphatic heterocycles. The third-order valence-corrected chi connectivity index (χ3v) is 8.22. The average molecular weight is 470 g/mol. The molecule has 3 nitrogen and oxygen atoms in total. The molecule has 4 fully saturated rings. The standard InChI is InChI=1S/C26H32BrNO2/c1-17-5-3-4-6-22(17)16-30-25-23(27)10-21(11-24(25)29-2)15-28-26-12-18-7-19(13-26)9-20(8-18)14-26/h3-6,10-11,18-20,28H,7-9,12-16H2,1-2H3. The Hall–Kier alpha value is -1.52. The van der Waals surface area contributed by atoms with Crippen molar-refractivity contribution in [3.8, 4) is 11.5 Å². The Kier molecular flexibility index (Phi) is 5.57. The van der Waals surface area contributed by atoms with E-state index in [4.69, 9.17) is 9.47 Å². The molecule has 0 amide bonds. The van der Waals surface area contributed by atoms with E-state index in [0.717, 1.165) is 40.3 Å². The molecule has 0 saturated heterocycles. The van der Waals surface area contributed by atoms with E-state index in [1.807, 2.05) is 0 Å². The van der Waals surface area contributed by atoms with Crippen LogP contribution in [0.3, 0.4) is 0 Å². The predicted molar refractivity (Wildman–Crippen MR) is 124 cm³/mol. The summed E-state index contributed by atoms with van der Waals surface area (Å²) in [6.07, 6.45) is 8.55. The second-order valence-electron chi connectivity index (χ2n) is 9.88. The van der Waals surface area contributed by atoms with Crippen molar-refractivity contribution in [1.29, 1.82) is 0 Å². The number of hydrogen-bond acceptors (Lipinski definition) is 3. The molecular weight excluding hydrogens is 438 g/mol. The zero-order valence-corrected chi connectivity index (χ0v) is 19.6. The van der Waals surface area contributed by atoms with Gasteiger partial charge in [0.2, 0.25) is 0 Å². The molecular formula is C26H32BrNO2. The normalized spacial score (nSPS) is 29.2. The van der Waals surface area contributed by atoms with Gasteiger partial charge in [-0.3, -0.25) is 0 Å². The third-order valence-electron chi connectivity index (χ3n) is 7.63. The van der Waals surface area contributed by atoms with Crippen molar-refractivity contribution in [1.82, 2.24) is 5.32 Å². The highest BCUT2D eigenvalue weighted by molar-refractivity contribution is 9.10. The third kappa shape index (κ3) is 4.01. The van der Waals surface area contributed by atoms with Crippen LogP contribution in [0.1, 0.15) is 55.2 Å². The Morgan fingerprint density at radius 1 is 1.03 bits per heavy atom. The lowest BCUT2D eigenvalue weighted by molar-refractivity contribution is -0.0206. The largest absolute Gasteiger partial charge is 0.493 e. The van der Waals surface area contributed by atoms with Crippen LogP contribution in [0.5, 0.6) is 11.5 Å². The van der Waals surface area contributed by atoms with Gasteiger partial charge in [0.05, 0.1) is 11.6 Å². The molecule has 4 bridgehead atoms. The van der Waals surface area contributed by atoms with Crippen molar-refractivity contribution < 1.29 is 9.47 Å². The zero-order valence-electron chi connectivity index (χ0n) is 18.0. The van der Waals surface area contributed by atoms with Crippen molar-refractivity contribution >= 4 is 15.9 Å². The van der Waals surface area contributed by atoms with Crippen molar-refractivity contribution in [3.05, 3.63) is 57.6 Å². The number of methoxy groups -OCH3 is 1. The molecule has 4 aliphatic rings. The molecule has 0 aromatic heterocycles. The average Bonchev–Trinajstić information content (AvgIpc) is 2.71. The number of aryl methyl sites for hydroxylation is 1. The molecule has 4 heteroatoms. The molecule has 0 spiro atoms. The summed E-state index contributed by atoms with van der Waals surface area (Å²) in [5, 5.41) is 3.99. The maximum Gasteiger partial charge on any atom is 0.175 e. The van der Waals surface area contributed by atoms with Gasteiger partial charge in [-0.1, -0.05) is 24.3 Å². The topological polar surface area (TPSA) is 30.5 Å². The van der Waals surface area contributed by atoms with Gasteiger partial charge in [-0.05, 0) is 108 Å². The summed E-state index contributed by atoms with van der Waals surface area (Å²) >= 11 is 3.73. The van der Waals surface area contributed by atoms with Crippen LogP contribution in [0.4, 0.5) is 0 Å². The van der Waals surface area contributed by atoms with Gasteiger partial charge in [0.25, 0.3) is 0 Å². The van der Waals surface area contributed by atoms with E-state index in [2.05, 4.69) is 64.6 Å². The minimum absolute atomic E-state index is 0.370. The highest BCUT2D eigenvalue weighted by Crippen LogP contribution is 2.55. The van der Waals surface area contributed by atoms with E-state index in [-0.39, 0.29) is 0 Å². The van der Waals surface area contributed by atoms with E-state index >= 15 is 0 Å². The fourth-order valence-corrected chi connectivity index (χ4v) is 7.16. The number of hydrogen-bond donors (Lipinski definition) is 1. The summed E-state index contributed by atoms with van der Waals surface area (Å²) in [6, 6.07) is 12.6. The lowest BCUT2D eigenvalue weighted by atomic mass is 9.53. The molecule has 0 unspecified atom stereocenters. The van der Waals surface area contributed by atoms with Crippen LogP contribution in [0.2, 0.25) is 0 Å². The summed E-state index contributed by atoms with van der Waals surface area (Å²) in [6.45, 7) is 3.54. The van der Waals surface area contributed by atoms with Crippen LogP contribution in [0.25, 0.3) is 0 Å². The molecule has 4 saturated carbocycles. The quantitative estimate of drug-likeness (QED) is 0.508. The van der Waals surface area contributed by atoms with Gasteiger partial charge in [-0.2, -0.15) is 0 Å². The second-order valence-corrected chi connectivity index (χ2v) is 10.7. The monoisotopic (exact) mass is 469 g/mol. The van der Waals surface area contributed by atoms with Gasteiger partial charge in [0.15, 0.2) is 11.5 Å². The van der Waals surface area contributed by atoms with Crippen LogP contribution >= 0.6 is 15.9 Å². The predicted octanol–water partition coefficient (Wildman–Crippen LogP) is 6.40. The van der Waals surface area contributed by atoms with Gasteiger partial charge in [0.1, 0.15) is 6.61 Å². The number of rotatable bonds is 7. The van der Waals surface area contributed by atoms with E-state index in [1.165, 1.54) is 55.2 Å².